The lowest BCUT2D eigenvalue weighted by Crippen LogP contribution is -2.09. The number of alkyl halides is 1. The van der Waals surface area contributed by atoms with Crippen molar-refractivity contribution in [3.8, 4) is 23.0 Å². The predicted molar refractivity (Wildman–Crippen MR) is 95.9 cm³/mol. The quantitative estimate of drug-likeness (QED) is 0.354. The van der Waals surface area contributed by atoms with E-state index >= 15 is 0 Å². The van der Waals surface area contributed by atoms with Gasteiger partial charge >= 0.3 is 5.97 Å². The van der Waals surface area contributed by atoms with Crippen LogP contribution in [0, 0.1) is 0 Å². The third kappa shape index (κ3) is 7.35. The molecule has 0 radical (unpaired) electrons. The molecule has 5 nitrogen and oxygen atoms in total. The summed E-state index contributed by atoms with van der Waals surface area (Å²) in [4.78, 5) is 10.7. The standard InChI is InChI=1S/C19H21ClO5/c1-15(21)22-13-14-24-17-5-9-19(10-6-17)25-18-7-3-16(4-8-18)23-12-2-11-20/h3-10H,2,11-14H2,1H3. The fourth-order valence-electron chi connectivity index (χ4n) is 1.93. The second-order valence-corrected chi connectivity index (χ2v) is 5.50. The van der Waals surface area contributed by atoms with Crippen molar-refractivity contribution in [2.45, 2.75) is 13.3 Å². The Bertz CT molecular complexity index is 640. The maximum atomic E-state index is 10.7. The predicted octanol–water partition coefficient (Wildman–Crippen LogP) is 4.43. The van der Waals surface area contributed by atoms with Gasteiger partial charge in [0.05, 0.1) is 6.61 Å². The summed E-state index contributed by atoms with van der Waals surface area (Å²) < 4.78 is 21.6. The van der Waals surface area contributed by atoms with E-state index in [1.807, 2.05) is 36.4 Å². The van der Waals surface area contributed by atoms with Crippen molar-refractivity contribution in [3.63, 3.8) is 0 Å². The molecule has 0 amide bonds. The summed E-state index contributed by atoms with van der Waals surface area (Å²) in [6.07, 6.45) is 0.815. The topological polar surface area (TPSA) is 54.0 Å². The molecule has 0 heterocycles. The second-order valence-electron chi connectivity index (χ2n) is 5.12. The van der Waals surface area contributed by atoms with Gasteiger partial charge in [-0.1, -0.05) is 0 Å². The van der Waals surface area contributed by atoms with Gasteiger partial charge in [0.1, 0.15) is 36.2 Å². The van der Waals surface area contributed by atoms with Crippen LogP contribution in [0.25, 0.3) is 0 Å². The van der Waals surface area contributed by atoms with Crippen molar-refractivity contribution in [3.05, 3.63) is 48.5 Å². The van der Waals surface area contributed by atoms with Crippen LogP contribution in [0.5, 0.6) is 23.0 Å². The first-order valence-corrected chi connectivity index (χ1v) is 8.54. The average Bonchev–Trinajstić information content (AvgIpc) is 2.62. The molecule has 0 aromatic heterocycles. The van der Waals surface area contributed by atoms with Gasteiger partial charge in [-0.3, -0.25) is 4.79 Å². The normalized spacial score (nSPS) is 10.2. The van der Waals surface area contributed by atoms with Gasteiger partial charge in [0.15, 0.2) is 0 Å². The summed E-state index contributed by atoms with van der Waals surface area (Å²) in [6.45, 7) is 2.51. The second kappa shape index (κ2) is 10.5. The first-order valence-electron chi connectivity index (χ1n) is 8.00. The molecular weight excluding hydrogens is 344 g/mol. The lowest BCUT2D eigenvalue weighted by Gasteiger charge is -2.09. The lowest BCUT2D eigenvalue weighted by molar-refractivity contribution is -0.141. The highest BCUT2D eigenvalue weighted by atomic mass is 35.5. The van der Waals surface area contributed by atoms with E-state index in [4.69, 9.17) is 30.5 Å². The monoisotopic (exact) mass is 364 g/mol. The van der Waals surface area contributed by atoms with Crippen LogP contribution in [0.1, 0.15) is 13.3 Å². The number of ether oxygens (including phenoxy) is 4. The van der Waals surface area contributed by atoms with Gasteiger partial charge in [-0.05, 0) is 55.0 Å². The fraction of sp³-hybridized carbons (Fsp3) is 0.316. The highest BCUT2D eigenvalue weighted by Gasteiger charge is 2.01. The molecule has 0 aliphatic heterocycles. The van der Waals surface area contributed by atoms with Crippen LogP contribution in [0.4, 0.5) is 0 Å². The Morgan fingerprint density at radius 2 is 1.28 bits per heavy atom. The van der Waals surface area contributed by atoms with Gasteiger partial charge in [0.25, 0.3) is 0 Å². The van der Waals surface area contributed by atoms with E-state index in [0.29, 0.717) is 36.3 Å². The van der Waals surface area contributed by atoms with E-state index in [1.54, 1.807) is 12.1 Å². The lowest BCUT2D eigenvalue weighted by atomic mass is 10.3. The number of hydrogen-bond donors (Lipinski definition) is 0. The molecule has 0 bridgehead atoms. The number of benzene rings is 2. The first kappa shape index (κ1) is 18.9. The molecule has 0 atom stereocenters. The van der Waals surface area contributed by atoms with Gasteiger partial charge in [0.2, 0.25) is 0 Å². The average molecular weight is 365 g/mol. The maximum absolute atomic E-state index is 10.7. The molecule has 2 aromatic carbocycles. The Balaban J connectivity index is 1.79. The van der Waals surface area contributed by atoms with Crippen LogP contribution < -0.4 is 14.2 Å². The highest BCUT2D eigenvalue weighted by molar-refractivity contribution is 6.17. The van der Waals surface area contributed by atoms with Crippen LogP contribution in [0.15, 0.2) is 48.5 Å². The summed E-state index contributed by atoms with van der Waals surface area (Å²) >= 11 is 5.61. The number of esters is 1. The van der Waals surface area contributed by atoms with Crippen molar-refractivity contribution >= 4 is 17.6 Å². The molecule has 0 spiro atoms. The van der Waals surface area contributed by atoms with E-state index in [2.05, 4.69) is 0 Å². The van der Waals surface area contributed by atoms with Crippen molar-refractivity contribution in [1.29, 1.82) is 0 Å². The van der Waals surface area contributed by atoms with Gasteiger partial charge in [-0.25, -0.2) is 0 Å². The van der Waals surface area contributed by atoms with Gasteiger partial charge in [0, 0.05) is 12.8 Å². The summed E-state index contributed by atoms with van der Waals surface area (Å²) in [6, 6.07) is 14.6. The summed E-state index contributed by atoms with van der Waals surface area (Å²) in [5, 5.41) is 0. The number of halogens is 1. The molecule has 0 saturated heterocycles. The minimum absolute atomic E-state index is 0.229. The number of rotatable bonds is 10. The molecule has 0 unspecified atom stereocenters. The molecular formula is C19H21ClO5. The fourth-order valence-corrected chi connectivity index (χ4v) is 2.04. The summed E-state index contributed by atoms with van der Waals surface area (Å²) in [7, 11) is 0. The largest absolute Gasteiger partial charge is 0.494 e. The Hall–Kier alpha value is -2.40. The molecule has 134 valence electrons. The molecule has 0 aliphatic carbocycles. The van der Waals surface area contributed by atoms with E-state index in [1.165, 1.54) is 6.92 Å². The minimum atomic E-state index is -0.317. The van der Waals surface area contributed by atoms with Gasteiger partial charge in [-0.15, -0.1) is 11.6 Å². The zero-order valence-corrected chi connectivity index (χ0v) is 14.8. The smallest absolute Gasteiger partial charge is 0.302 e. The Labute approximate surface area is 152 Å². The van der Waals surface area contributed by atoms with Crippen LogP contribution in [0.2, 0.25) is 0 Å². The van der Waals surface area contributed by atoms with Gasteiger partial charge < -0.3 is 18.9 Å². The Morgan fingerprint density at radius 1 is 0.800 bits per heavy atom. The number of carbonyl (C=O) groups excluding carboxylic acids is 1. The van der Waals surface area contributed by atoms with Crippen LogP contribution in [-0.4, -0.2) is 31.7 Å². The van der Waals surface area contributed by atoms with Crippen molar-refractivity contribution in [2.24, 2.45) is 0 Å². The molecule has 6 heteroatoms. The highest BCUT2D eigenvalue weighted by Crippen LogP contribution is 2.25. The van der Waals surface area contributed by atoms with Crippen LogP contribution in [-0.2, 0) is 9.53 Å². The number of hydrogen-bond acceptors (Lipinski definition) is 5. The third-order valence-corrected chi connectivity index (χ3v) is 3.35. The zero-order valence-electron chi connectivity index (χ0n) is 14.1. The molecule has 2 rings (SSSR count). The van der Waals surface area contributed by atoms with Crippen LogP contribution >= 0.6 is 11.6 Å². The molecule has 0 aliphatic rings. The first-order chi connectivity index (χ1) is 12.2. The maximum Gasteiger partial charge on any atom is 0.302 e. The van der Waals surface area contributed by atoms with E-state index in [-0.39, 0.29) is 12.6 Å². The van der Waals surface area contributed by atoms with Crippen molar-refractivity contribution < 1.29 is 23.7 Å². The van der Waals surface area contributed by atoms with E-state index < -0.39 is 0 Å². The molecule has 0 saturated carbocycles. The third-order valence-electron chi connectivity index (χ3n) is 3.09. The SMILES string of the molecule is CC(=O)OCCOc1ccc(Oc2ccc(OCCCCl)cc2)cc1. The van der Waals surface area contributed by atoms with E-state index in [9.17, 15) is 4.79 Å². The van der Waals surface area contributed by atoms with Crippen LogP contribution in [0.3, 0.4) is 0 Å². The molecule has 0 fully saturated rings. The Morgan fingerprint density at radius 3 is 1.76 bits per heavy atom. The van der Waals surface area contributed by atoms with Crippen molar-refractivity contribution in [2.75, 3.05) is 25.7 Å². The van der Waals surface area contributed by atoms with E-state index in [0.717, 1.165) is 12.2 Å². The zero-order chi connectivity index (χ0) is 17.9. The van der Waals surface area contributed by atoms with Crippen molar-refractivity contribution in [1.82, 2.24) is 0 Å². The van der Waals surface area contributed by atoms with Gasteiger partial charge in [-0.2, -0.15) is 0 Å². The number of carbonyl (C=O) groups is 1. The molecule has 2 aromatic rings. The minimum Gasteiger partial charge on any atom is -0.494 e. The molecule has 0 N–H and O–H groups in total. The summed E-state index contributed by atoms with van der Waals surface area (Å²) in [5.41, 5.74) is 0. The summed E-state index contributed by atoms with van der Waals surface area (Å²) in [5.74, 6) is 3.15. The molecule has 25 heavy (non-hydrogen) atoms. The Kier molecular flexibility index (Phi) is 7.92.